The van der Waals surface area contributed by atoms with Gasteiger partial charge in [0.05, 0.1) is 18.5 Å². The first-order valence-corrected chi connectivity index (χ1v) is 10.5. The first-order chi connectivity index (χ1) is 13.2. The quantitative estimate of drug-likeness (QED) is 0.535. The predicted octanol–water partition coefficient (Wildman–Crippen LogP) is 4.95. The number of fused-ring (bicyclic) bond motifs is 1. The summed E-state index contributed by atoms with van der Waals surface area (Å²) in [4.78, 5) is 17.0. The van der Waals surface area contributed by atoms with Gasteiger partial charge in [0.1, 0.15) is 0 Å². The smallest absolute Gasteiger partial charge is 0.330 e. The van der Waals surface area contributed by atoms with Crippen LogP contribution in [0.4, 0.5) is 0 Å². The highest BCUT2D eigenvalue weighted by Gasteiger charge is 2.32. The summed E-state index contributed by atoms with van der Waals surface area (Å²) in [5.74, 6) is 0.759. The second-order valence-corrected chi connectivity index (χ2v) is 7.72. The third-order valence-electron chi connectivity index (χ3n) is 5.84. The molecule has 0 aromatic carbocycles. The van der Waals surface area contributed by atoms with Gasteiger partial charge < -0.3 is 4.74 Å². The summed E-state index contributed by atoms with van der Waals surface area (Å²) in [5.41, 5.74) is 4.68. The van der Waals surface area contributed by atoms with E-state index in [2.05, 4.69) is 12.0 Å². The lowest BCUT2D eigenvalue weighted by molar-refractivity contribution is -0.137. The first-order valence-electron chi connectivity index (χ1n) is 10.5. The Morgan fingerprint density at radius 2 is 1.96 bits per heavy atom. The zero-order valence-electron chi connectivity index (χ0n) is 16.4. The summed E-state index contributed by atoms with van der Waals surface area (Å²) in [7, 11) is 0. The molecule has 0 spiro atoms. The van der Waals surface area contributed by atoms with E-state index in [0.29, 0.717) is 18.4 Å². The number of rotatable bonds is 6. The van der Waals surface area contributed by atoms with Crippen molar-refractivity contribution in [3.8, 4) is 0 Å². The number of pyridine rings is 1. The van der Waals surface area contributed by atoms with E-state index in [-0.39, 0.29) is 5.97 Å². The fourth-order valence-corrected chi connectivity index (χ4v) is 4.39. The van der Waals surface area contributed by atoms with E-state index >= 15 is 0 Å². The standard InChI is InChI=1S/C22H29N3O2/c1-3-25-22-18(14-23-25)20(15-8-6-5-7-9-15)17(12-13-19(26)27-4-2)21(24-22)16-10-11-16/h12-16H,3-11H2,1-2H3. The van der Waals surface area contributed by atoms with E-state index in [9.17, 15) is 4.79 Å². The van der Waals surface area contributed by atoms with Crippen LogP contribution in [0.1, 0.15) is 87.4 Å². The highest BCUT2D eigenvalue weighted by Crippen LogP contribution is 2.46. The van der Waals surface area contributed by atoms with Crippen molar-refractivity contribution in [1.29, 1.82) is 0 Å². The third kappa shape index (κ3) is 3.64. The van der Waals surface area contributed by atoms with Crippen molar-refractivity contribution in [2.24, 2.45) is 0 Å². The molecule has 2 aliphatic rings. The zero-order chi connectivity index (χ0) is 18.8. The average molecular weight is 367 g/mol. The number of esters is 1. The Bertz CT molecular complexity index is 858. The van der Waals surface area contributed by atoms with Gasteiger partial charge in [0.25, 0.3) is 0 Å². The molecule has 0 amide bonds. The van der Waals surface area contributed by atoms with E-state index in [0.717, 1.165) is 28.8 Å². The van der Waals surface area contributed by atoms with Crippen LogP contribution in [0.25, 0.3) is 17.1 Å². The maximum atomic E-state index is 12.0. The number of nitrogens with zero attached hydrogens (tertiary/aromatic N) is 3. The minimum Gasteiger partial charge on any atom is -0.463 e. The Balaban J connectivity index is 1.88. The van der Waals surface area contributed by atoms with Crippen molar-refractivity contribution in [1.82, 2.24) is 14.8 Å². The van der Waals surface area contributed by atoms with E-state index in [4.69, 9.17) is 9.72 Å². The van der Waals surface area contributed by atoms with Gasteiger partial charge in [-0.2, -0.15) is 5.10 Å². The van der Waals surface area contributed by atoms with Gasteiger partial charge in [-0.3, -0.25) is 0 Å². The number of carbonyl (C=O) groups excluding carboxylic acids is 1. The van der Waals surface area contributed by atoms with Crippen molar-refractivity contribution in [3.63, 3.8) is 0 Å². The lowest BCUT2D eigenvalue weighted by Gasteiger charge is -2.25. The van der Waals surface area contributed by atoms with Crippen LogP contribution >= 0.6 is 0 Å². The van der Waals surface area contributed by atoms with Crippen molar-refractivity contribution in [2.75, 3.05) is 6.61 Å². The van der Waals surface area contributed by atoms with Crippen LogP contribution in [-0.4, -0.2) is 27.3 Å². The molecule has 0 N–H and O–H groups in total. The lowest BCUT2D eigenvalue weighted by Crippen LogP contribution is -2.11. The molecule has 2 saturated carbocycles. The Hall–Kier alpha value is -2.17. The van der Waals surface area contributed by atoms with Gasteiger partial charge in [-0.25, -0.2) is 14.5 Å². The minimum atomic E-state index is -0.279. The monoisotopic (exact) mass is 367 g/mol. The molecule has 2 aliphatic carbocycles. The van der Waals surface area contributed by atoms with Crippen molar-refractivity contribution in [3.05, 3.63) is 29.1 Å². The number of hydrogen-bond donors (Lipinski definition) is 0. The second kappa shape index (κ2) is 7.83. The molecular weight excluding hydrogens is 338 g/mol. The van der Waals surface area contributed by atoms with Crippen LogP contribution in [0.5, 0.6) is 0 Å². The normalized spacial score (nSPS) is 18.4. The molecule has 5 nitrogen and oxygen atoms in total. The van der Waals surface area contributed by atoms with Crippen LogP contribution in [-0.2, 0) is 16.1 Å². The molecule has 2 aromatic rings. The molecule has 4 rings (SSSR count). The Labute approximate surface area is 160 Å². The Morgan fingerprint density at radius 1 is 1.19 bits per heavy atom. The van der Waals surface area contributed by atoms with Gasteiger partial charge in [0, 0.05) is 29.5 Å². The van der Waals surface area contributed by atoms with Crippen LogP contribution < -0.4 is 0 Å². The third-order valence-corrected chi connectivity index (χ3v) is 5.84. The second-order valence-electron chi connectivity index (χ2n) is 7.72. The summed E-state index contributed by atoms with van der Waals surface area (Å²) >= 11 is 0. The van der Waals surface area contributed by atoms with E-state index in [1.54, 1.807) is 6.08 Å². The molecule has 2 aromatic heterocycles. The number of ether oxygens (including phenoxy) is 1. The van der Waals surface area contributed by atoms with E-state index < -0.39 is 0 Å². The molecule has 0 aliphatic heterocycles. The summed E-state index contributed by atoms with van der Waals surface area (Å²) in [6.45, 7) is 5.17. The Morgan fingerprint density at radius 3 is 2.63 bits per heavy atom. The van der Waals surface area contributed by atoms with Gasteiger partial charge in [-0.1, -0.05) is 19.3 Å². The average Bonchev–Trinajstić information content (AvgIpc) is 3.46. The van der Waals surface area contributed by atoms with Crippen LogP contribution in [0.3, 0.4) is 0 Å². The minimum absolute atomic E-state index is 0.279. The van der Waals surface area contributed by atoms with Gasteiger partial charge in [-0.05, 0) is 57.1 Å². The summed E-state index contributed by atoms with van der Waals surface area (Å²) < 4.78 is 7.12. The highest BCUT2D eigenvalue weighted by atomic mass is 16.5. The molecule has 0 bridgehead atoms. The van der Waals surface area contributed by atoms with Gasteiger partial charge >= 0.3 is 5.97 Å². The van der Waals surface area contributed by atoms with E-state index in [1.165, 1.54) is 50.5 Å². The molecule has 0 unspecified atom stereocenters. The SMILES string of the molecule is CCOC(=O)C=Cc1c(C2CC2)nc2c(cnn2CC)c1C1CCCCC1. The van der Waals surface area contributed by atoms with Gasteiger partial charge in [0.15, 0.2) is 5.65 Å². The predicted molar refractivity (Wildman–Crippen MR) is 107 cm³/mol. The molecule has 2 heterocycles. The number of carbonyl (C=O) groups is 1. The van der Waals surface area contributed by atoms with Gasteiger partial charge in [0.2, 0.25) is 0 Å². The largest absolute Gasteiger partial charge is 0.463 e. The summed E-state index contributed by atoms with van der Waals surface area (Å²) in [6.07, 6.45) is 14.2. The van der Waals surface area contributed by atoms with Crippen molar-refractivity contribution < 1.29 is 9.53 Å². The number of aryl methyl sites for hydroxylation is 1. The van der Waals surface area contributed by atoms with Crippen LogP contribution in [0, 0.1) is 0 Å². The fourth-order valence-electron chi connectivity index (χ4n) is 4.39. The maximum absolute atomic E-state index is 12.0. The first kappa shape index (κ1) is 18.2. The molecule has 5 heteroatoms. The highest BCUT2D eigenvalue weighted by molar-refractivity contribution is 5.90. The van der Waals surface area contributed by atoms with Crippen LogP contribution in [0.2, 0.25) is 0 Å². The van der Waals surface area contributed by atoms with Crippen molar-refractivity contribution in [2.45, 2.75) is 77.2 Å². The molecule has 0 atom stereocenters. The Kier molecular flexibility index (Phi) is 5.28. The molecule has 2 fully saturated rings. The molecule has 0 saturated heterocycles. The molecular formula is C22H29N3O2. The lowest BCUT2D eigenvalue weighted by atomic mass is 9.80. The summed E-state index contributed by atoms with van der Waals surface area (Å²) in [5, 5.41) is 5.76. The molecule has 0 radical (unpaired) electrons. The van der Waals surface area contributed by atoms with E-state index in [1.807, 2.05) is 23.9 Å². The van der Waals surface area contributed by atoms with Gasteiger partial charge in [-0.15, -0.1) is 0 Å². The topological polar surface area (TPSA) is 57.0 Å². The fraction of sp³-hybridized carbons (Fsp3) is 0.591. The zero-order valence-corrected chi connectivity index (χ0v) is 16.4. The van der Waals surface area contributed by atoms with Crippen LogP contribution in [0.15, 0.2) is 12.3 Å². The van der Waals surface area contributed by atoms with Crippen molar-refractivity contribution >= 4 is 23.1 Å². The molecule has 144 valence electrons. The molecule has 27 heavy (non-hydrogen) atoms. The number of hydrogen-bond acceptors (Lipinski definition) is 4. The number of aromatic nitrogens is 3. The maximum Gasteiger partial charge on any atom is 0.330 e. The summed E-state index contributed by atoms with van der Waals surface area (Å²) in [6, 6.07) is 0.